The Balaban J connectivity index is 1.19. The van der Waals surface area contributed by atoms with Crippen LogP contribution in [0.2, 0.25) is 0 Å². The average molecular weight is 464 g/mol. The van der Waals surface area contributed by atoms with Crippen LogP contribution in [0.15, 0.2) is 48.8 Å². The number of anilines is 1. The Kier molecular flexibility index (Phi) is 6.15. The topological polar surface area (TPSA) is 78.9 Å². The molecule has 0 N–H and O–H groups in total. The first kappa shape index (κ1) is 22.6. The van der Waals surface area contributed by atoms with E-state index < -0.39 is 5.60 Å². The Hall–Kier alpha value is -3.16. The monoisotopic (exact) mass is 463 g/mol. The molecule has 2 amide bonds. The van der Waals surface area contributed by atoms with Crippen LogP contribution in [0.4, 0.5) is 10.7 Å². The van der Waals surface area contributed by atoms with Gasteiger partial charge < -0.3 is 14.5 Å². The first-order valence-corrected chi connectivity index (χ1v) is 12.3. The van der Waals surface area contributed by atoms with Gasteiger partial charge in [-0.1, -0.05) is 37.3 Å². The van der Waals surface area contributed by atoms with E-state index in [1.807, 2.05) is 41.3 Å². The molecule has 3 saturated heterocycles. The molecule has 1 aromatic heterocycles. The van der Waals surface area contributed by atoms with Gasteiger partial charge in [0.2, 0.25) is 11.9 Å². The maximum atomic E-state index is 13.6. The number of hydrogen-bond donors (Lipinski definition) is 0. The van der Waals surface area contributed by atoms with Gasteiger partial charge >= 0.3 is 6.09 Å². The van der Waals surface area contributed by atoms with Gasteiger partial charge in [-0.25, -0.2) is 14.8 Å². The third-order valence-corrected chi connectivity index (χ3v) is 7.66. The van der Waals surface area contributed by atoms with Crippen LogP contribution in [-0.2, 0) is 16.1 Å². The van der Waals surface area contributed by atoms with Crippen molar-refractivity contribution in [1.29, 1.82) is 0 Å². The fourth-order valence-electron chi connectivity index (χ4n) is 5.50. The fourth-order valence-corrected chi connectivity index (χ4v) is 5.50. The molecule has 8 heteroatoms. The number of ether oxygens (including phenoxy) is 1. The normalized spacial score (nSPS) is 24.7. The number of carbonyl (C=O) groups excluding carboxylic acids is 2. The molecule has 0 saturated carbocycles. The molecule has 1 aromatic carbocycles. The van der Waals surface area contributed by atoms with Crippen LogP contribution >= 0.6 is 0 Å². The predicted molar refractivity (Wildman–Crippen MR) is 128 cm³/mol. The molecule has 0 aliphatic carbocycles. The number of benzene rings is 1. The largest absolute Gasteiger partial charge is 0.441 e. The van der Waals surface area contributed by atoms with Crippen molar-refractivity contribution >= 4 is 17.9 Å². The van der Waals surface area contributed by atoms with Crippen LogP contribution in [0.25, 0.3) is 0 Å². The molecule has 5 rings (SSSR count). The molecule has 180 valence electrons. The molecule has 3 aliphatic heterocycles. The third kappa shape index (κ3) is 4.58. The summed E-state index contributed by atoms with van der Waals surface area (Å²) in [6, 6.07) is 11.8. The lowest BCUT2D eigenvalue weighted by Gasteiger charge is -2.41. The SMILES string of the molecule is CC1(C(=O)N2CCC[C@]3(CC2)CN(Cc2ccccc2)C(=O)O3)CCN(c2ncccn2)CC1. The van der Waals surface area contributed by atoms with E-state index in [2.05, 4.69) is 21.8 Å². The molecular weight excluding hydrogens is 430 g/mol. The van der Waals surface area contributed by atoms with E-state index >= 15 is 0 Å². The van der Waals surface area contributed by atoms with E-state index in [0.29, 0.717) is 26.1 Å². The highest BCUT2D eigenvalue weighted by molar-refractivity contribution is 5.82. The van der Waals surface area contributed by atoms with Gasteiger partial charge in [-0.05, 0) is 37.3 Å². The molecule has 2 aromatic rings. The second-order valence-electron chi connectivity index (χ2n) is 10.1. The zero-order chi connectivity index (χ0) is 23.6. The van der Waals surface area contributed by atoms with E-state index in [1.54, 1.807) is 17.3 Å². The van der Waals surface area contributed by atoms with Gasteiger partial charge in [0.1, 0.15) is 5.60 Å². The van der Waals surface area contributed by atoms with Crippen LogP contribution in [0.1, 0.15) is 44.6 Å². The summed E-state index contributed by atoms with van der Waals surface area (Å²) in [4.78, 5) is 40.9. The number of nitrogens with zero attached hydrogens (tertiary/aromatic N) is 5. The minimum Gasteiger partial charge on any atom is -0.441 e. The smallest absolute Gasteiger partial charge is 0.410 e. The molecule has 0 bridgehead atoms. The number of aromatic nitrogens is 2. The van der Waals surface area contributed by atoms with Gasteiger partial charge in [-0.3, -0.25) is 9.69 Å². The number of amides is 2. The fraction of sp³-hybridized carbons (Fsp3) is 0.538. The van der Waals surface area contributed by atoms with Crippen LogP contribution in [-0.4, -0.2) is 70.1 Å². The summed E-state index contributed by atoms with van der Waals surface area (Å²) in [7, 11) is 0. The van der Waals surface area contributed by atoms with Gasteiger partial charge in [0, 0.05) is 57.0 Å². The van der Waals surface area contributed by atoms with Crippen LogP contribution in [0, 0.1) is 5.41 Å². The second kappa shape index (κ2) is 9.24. The first-order chi connectivity index (χ1) is 16.5. The molecule has 0 unspecified atom stereocenters. The quantitative estimate of drug-likeness (QED) is 0.691. The number of rotatable bonds is 4. The Bertz CT molecular complexity index is 1010. The minimum absolute atomic E-state index is 0.226. The standard InChI is InChI=1S/C26H33N5O3/c1-25(10-16-30(17-11-25)23-27-13-6-14-28-23)22(32)29-15-5-9-26(12-18-29)20-31(24(33)34-26)19-21-7-3-2-4-8-21/h2-4,6-8,13-14H,5,9-12,15-20H2,1H3/t26-/m0/s1. The number of hydrogen-bond acceptors (Lipinski definition) is 6. The Morgan fingerprint density at radius 2 is 1.71 bits per heavy atom. The number of carbonyl (C=O) groups is 2. The van der Waals surface area contributed by atoms with Crippen molar-refractivity contribution in [3.8, 4) is 0 Å². The van der Waals surface area contributed by atoms with Gasteiger partial charge in [0.05, 0.1) is 6.54 Å². The lowest BCUT2D eigenvalue weighted by Crippen LogP contribution is -2.49. The van der Waals surface area contributed by atoms with Crippen LogP contribution in [0.3, 0.4) is 0 Å². The zero-order valence-corrected chi connectivity index (χ0v) is 19.9. The van der Waals surface area contributed by atoms with Gasteiger partial charge in [-0.15, -0.1) is 0 Å². The van der Waals surface area contributed by atoms with Gasteiger partial charge in [0.15, 0.2) is 0 Å². The summed E-state index contributed by atoms with van der Waals surface area (Å²) in [5.74, 6) is 0.959. The van der Waals surface area contributed by atoms with Crippen LogP contribution in [0.5, 0.6) is 0 Å². The molecule has 3 aliphatic rings. The van der Waals surface area contributed by atoms with Crippen molar-refractivity contribution in [3.05, 3.63) is 54.4 Å². The lowest BCUT2D eigenvalue weighted by atomic mass is 9.79. The Morgan fingerprint density at radius 1 is 0.971 bits per heavy atom. The summed E-state index contributed by atoms with van der Waals surface area (Å²) in [6.07, 6.45) is 7.16. The van der Waals surface area contributed by atoms with Crippen LogP contribution < -0.4 is 4.90 Å². The third-order valence-electron chi connectivity index (χ3n) is 7.66. The molecule has 0 radical (unpaired) electrons. The molecule has 1 atom stereocenters. The summed E-state index contributed by atoms with van der Waals surface area (Å²) < 4.78 is 5.94. The predicted octanol–water partition coefficient (Wildman–Crippen LogP) is 3.49. The first-order valence-electron chi connectivity index (χ1n) is 12.3. The molecule has 4 heterocycles. The average Bonchev–Trinajstić information content (AvgIpc) is 3.03. The Morgan fingerprint density at radius 3 is 2.44 bits per heavy atom. The molecule has 34 heavy (non-hydrogen) atoms. The zero-order valence-electron chi connectivity index (χ0n) is 19.9. The molecular formula is C26H33N5O3. The summed E-state index contributed by atoms with van der Waals surface area (Å²) in [6.45, 7) is 6.14. The summed E-state index contributed by atoms with van der Waals surface area (Å²) in [5, 5.41) is 0. The van der Waals surface area contributed by atoms with E-state index in [-0.39, 0.29) is 17.4 Å². The molecule has 1 spiro atoms. The summed E-state index contributed by atoms with van der Waals surface area (Å²) in [5.41, 5.74) is 0.228. The van der Waals surface area contributed by atoms with E-state index in [1.165, 1.54) is 0 Å². The highest BCUT2D eigenvalue weighted by Gasteiger charge is 2.47. The van der Waals surface area contributed by atoms with E-state index in [0.717, 1.165) is 56.8 Å². The van der Waals surface area contributed by atoms with Crippen molar-refractivity contribution in [3.63, 3.8) is 0 Å². The number of piperidine rings is 1. The van der Waals surface area contributed by atoms with E-state index in [4.69, 9.17) is 4.74 Å². The molecule has 3 fully saturated rings. The maximum absolute atomic E-state index is 13.6. The van der Waals surface area contributed by atoms with Crippen molar-refractivity contribution in [2.45, 2.75) is 51.2 Å². The number of likely N-dealkylation sites (tertiary alicyclic amines) is 1. The second-order valence-corrected chi connectivity index (χ2v) is 10.1. The Labute approximate surface area is 200 Å². The summed E-state index contributed by atoms with van der Waals surface area (Å²) >= 11 is 0. The van der Waals surface area contributed by atoms with Crippen molar-refractivity contribution in [2.24, 2.45) is 5.41 Å². The van der Waals surface area contributed by atoms with Gasteiger partial charge in [-0.2, -0.15) is 0 Å². The highest BCUT2D eigenvalue weighted by atomic mass is 16.6. The maximum Gasteiger partial charge on any atom is 0.410 e. The van der Waals surface area contributed by atoms with Crippen molar-refractivity contribution in [1.82, 2.24) is 19.8 Å². The minimum atomic E-state index is -0.490. The highest BCUT2D eigenvalue weighted by Crippen LogP contribution is 2.38. The van der Waals surface area contributed by atoms with Gasteiger partial charge in [0.25, 0.3) is 0 Å². The molecule has 8 nitrogen and oxygen atoms in total. The van der Waals surface area contributed by atoms with Crippen molar-refractivity contribution in [2.75, 3.05) is 37.6 Å². The van der Waals surface area contributed by atoms with Crippen molar-refractivity contribution < 1.29 is 14.3 Å². The van der Waals surface area contributed by atoms with E-state index in [9.17, 15) is 9.59 Å². The lowest BCUT2D eigenvalue weighted by molar-refractivity contribution is -0.142.